The number of anilines is 1. The van der Waals surface area contributed by atoms with Crippen LogP contribution in [0.5, 0.6) is 0 Å². The molecule has 178 valence electrons. The fraction of sp³-hybridized carbons (Fsp3) is 0.391. The van der Waals surface area contributed by atoms with Crippen molar-refractivity contribution >= 4 is 17.4 Å². The maximum atomic E-state index is 14.5. The zero-order valence-corrected chi connectivity index (χ0v) is 17.7. The fourth-order valence-electron chi connectivity index (χ4n) is 3.98. The predicted molar refractivity (Wildman–Crippen MR) is 107 cm³/mol. The molecule has 33 heavy (non-hydrogen) atoms. The molecule has 1 amide bonds. The number of ketones is 1. The molecule has 0 heterocycles. The van der Waals surface area contributed by atoms with Gasteiger partial charge < -0.3 is 5.32 Å². The predicted octanol–water partition coefficient (Wildman–Crippen LogP) is 6.62. The lowest BCUT2D eigenvalue weighted by Gasteiger charge is -2.31. The van der Waals surface area contributed by atoms with Crippen LogP contribution in [-0.4, -0.2) is 24.0 Å². The van der Waals surface area contributed by atoms with Crippen molar-refractivity contribution in [3.8, 4) is 0 Å². The summed E-state index contributed by atoms with van der Waals surface area (Å²) >= 11 is 0. The molecular formula is C23H20F7NO2. The normalized spacial score (nSPS) is 14.8. The van der Waals surface area contributed by atoms with Crippen LogP contribution in [-0.2, 0) is 18.5 Å². The quantitative estimate of drug-likeness (QED) is 0.506. The zero-order valence-electron chi connectivity index (χ0n) is 17.7. The largest absolute Gasteiger partial charge is 0.435 e. The van der Waals surface area contributed by atoms with Gasteiger partial charge in [-0.1, -0.05) is 19.1 Å². The number of halogens is 7. The van der Waals surface area contributed by atoms with Gasteiger partial charge in [-0.05, 0) is 61.1 Å². The number of Topliss-reactive ketones (excluding diaryl/α,β-unsaturated/α-hetero) is 1. The van der Waals surface area contributed by atoms with Gasteiger partial charge in [-0.2, -0.15) is 26.3 Å². The second-order valence-electron chi connectivity index (χ2n) is 7.94. The van der Waals surface area contributed by atoms with Gasteiger partial charge in [0.05, 0.1) is 0 Å². The van der Waals surface area contributed by atoms with E-state index in [1.165, 1.54) is 32.0 Å². The Hall–Kier alpha value is -2.91. The summed E-state index contributed by atoms with van der Waals surface area (Å²) < 4.78 is 93.5. The van der Waals surface area contributed by atoms with Gasteiger partial charge in [0.25, 0.3) is 5.91 Å². The van der Waals surface area contributed by atoms with Crippen LogP contribution in [0.4, 0.5) is 36.4 Å². The molecule has 1 aliphatic rings. The number of benzene rings is 2. The molecule has 0 atom stereocenters. The minimum Gasteiger partial charge on any atom is -0.321 e. The first-order valence-corrected chi connectivity index (χ1v) is 10.1. The maximum absolute atomic E-state index is 14.5. The van der Waals surface area contributed by atoms with E-state index in [0.29, 0.717) is 42.5 Å². The van der Waals surface area contributed by atoms with Crippen molar-refractivity contribution in [3.63, 3.8) is 0 Å². The molecule has 1 aliphatic carbocycles. The summed E-state index contributed by atoms with van der Waals surface area (Å²) in [7, 11) is 0. The van der Waals surface area contributed by atoms with E-state index in [9.17, 15) is 40.3 Å². The zero-order chi connectivity index (χ0) is 24.8. The third-order valence-electron chi connectivity index (χ3n) is 5.73. The van der Waals surface area contributed by atoms with Gasteiger partial charge in [-0.25, -0.2) is 4.39 Å². The van der Waals surface area contributed by atoms with Crippen molar-refractivity contribution in [2.45, 2.75) is 57.6 Å². The third-order valence-corrected chi connectivity index (χ3v) is 5.73. The standard InChI is InChI=1S/C23H20F7NO2/c1-3-13-11-16(21(24,22(25,26)27)23(28,29)30)9-12(2)19(13)31-20(33)15-7-8-17-14(10-15)5-4-6-18(17)32/h7-11H,3-6H2,1-2H3,(H,31,33). The Labute approximate surface area is 185 Å². The molecule has 0 spiro atoms. The Morgan fingerprint density at radius 3 is 2.18 bits per heavy atom. The topological polar surface area (TPSA) is 46.2 Å². The Bertz CT molecular complexity index is 1090. The van der Waals surface area contributed by atoms with Crippen LogP contribution in [0, 0.1) is 6.92 Å². The minimum absolute atomic E-state index is 0.00625. The highest BCUT2D eigenvalue weighted by Gasteiger charge is 2.73. The van der Waals surface area contributed by atoms with Crippen LogP contribution in [0.1, 0.15) is 62.7 Å². The number of hydrogen-bond acceptors (Lipinski definition) is 2. The highest BCUT2D eigenvalue weighted by atomic mass is 19.4. The van der Waals surface area contributed by atoms with Crippen molar-refractivity contribution in [3.05, 3.63) is 63.7 Å². The van der Waals surface area contributed by atoms with E-state index in [2.05, 4.69) is 5.32 Å². The SMILES string of the molecule is CCc1cc(C(F)(C(F)(F)F)C(F)(F)F)cc(C)c1NC(=O)c1ccc2c(c1)CCCC2=O. The van der Waals surface area contributed by atoms with Gasteiger partial charge >= 0.3 is 18.0 Å². The maximum Gasteiger partial charge on any atom is 0.435 e. The first kappa shape index (κ1) is 24.7. The van der Waals surface area contributed by atoms with Gasteiger partial charge in [0, 0.05) is 28.8 Å². The Balaban J connectivity index is 2.00. The first-order valence-electron chi connectivity index (χ1n) is 10.1. The van der Waals surface area contributed by atoms with Gasteiger partial charge in [-0.3, -0.25) is 9.59 Å². The molecule has 0 saturated heterocycles. The number of fused-ring (bicyclic) bond motifs is 1. The number of aryl methyl sites for hydroxylation is 3. The first-order chi connectivity index (χ1) is 15.2. The molecule has 3 rings (SSSR count). The number of carbonyl (C=O) groups excluding carboxylic acids is 2. The fourth-order valence-corrected chi connectivity index (χ4v) is 3.98. The van der Waals surface area contributed by atoms with Crippen LogP contribution in [0.2, 0.25) is 0 Å². The molecule has 2 aromatic rings. The van der Waals surface area contributed by atoms with Crippen LogP contribution in [0.15, 0.2) is 30.3 Å². The third kappa shape index (κ3) is 4.35. The van der Waals surface area contributed by atoms with Crippen molar-refractivity contribution in [1.82, 2.24) is 0 Å². The second kappa shape index (κ2) is 8.46. The average molecular weight is 475 g/mol. The monoisotopic (exact) mass is 475 g/mol. The number of amides is 1. The summed E-state index contributed by atoms with van der Waals surface area (Å²) in [5.41, 5.74) is -5.98. The van der Waals surface area contributed by atoms with Gasteiger partial charge in [0.1, 0.15) is 0 Å². The lowest BCUT2D eigenvalue weighted by molar-refractivity contribution is -0.348. The molecule has 0 fully saturated rings. The molecule has 0 aromatic heterocycles. The minimum atomic E-state index is -6.23. The van der Waals surface area contributed by atoms with E-state index in [1.807, 2.05) is 0 Å². The average Bonchev–Trinajstić information content (AvgIpc) is 2.72. The number of carbonyl (C=O) groups is 2. The molecule has 0 radical (unpaired) electrons. The molecule has 0 aliphatic heterocycles. The summed E-state index contributed by atoms with van der Waals surface area (Å²) in [5.74, 6) is -0.688. The van der Waals surface area contributed by atoms with Crippen molar-refractivity contribution in [2.75, 3.05) is 5.32 Å². The molecule has 0 unspecified atom stereocenters. The van der Waals surface area contributed by atoms with Gasteiger partial charge in [0.15, 0.2) is 5.78 Å². The summed E-state index contributed by atoms with van der Waals surface area (Å²) in [5, 5.41) is 2.51. The summed E-state index contributed by atoms with van der Waals surface area (Å²) in [6, 6.07) is 5.41. The van der Waals surface area contributed by atoms with Crippen LogP contribution < -0.4 is 5.32 Å². The molecular weight excluding hydrogens is 455 g/mol. The lowest BCUT2D eigenvalue weighted by Crippen LogP contribution is -2.50. The molecule has 1 N–H and O–H groups in total. The van der Waals surface area contributed by atoms with Crippen LogP contribution in [0.3, 0.4) is 0 Å². The molecule has 3 nitrogen and oxygen atoms in total. The molecule has 10 heteroatoms. The molecule has 0 bridgehead atoms. The summed E-state index contributed by atoms with van der Waals surface area (Å²) in [4.78, 5) is 24.7. The molecule has 2 aromatic carbocycles. The van der Waals surface area contributed by atoms with E-state index in [0.717, 1.165) is 0 Å². The Morgan fingerprint density at radius 1 is 0.970 bits per heavy atom. The Morgan fingerprint density at radius 2 is 1.61 bits per heavy atom. The highest BCUT2D eigenvalue weighted by Crippen LogP contribution is 2.53. The summed E-state index contributed by atoms with van der Waals surface area (Å²) in [6.45, 7) is 2.65. The number of rotatable bonds is 4. The number of alkyl halides is 7. The smallest absolute Gasteiger partial charge is 0.321 e. The molecule has 0 saturated carbocycles. The highest BCUT2D eigenvalue weighted by molar-refractivity contribution is 6.06. The van der Waals surface area contributed by atoms with E-state index in [-0.39, 0.29) is 34.6 Å². The van der Waals surface area contributed by atoms with Crippen molar-refractivity contribution in [2.24, 2.45) is 0 Å². The van der Waals surface area contributed by atoms with Gasteiger partial charge in [0.2, 0.25) is 0 Å². The number of hydrogen-bond donors (Lipinski definition) is 1. The van der Waals surface area contributed by atoms with Crippen molar-refractivity contribution in [1.29, 1.82) is 0 Å². The van der Waals surface area contributed by atoms with Crippen molar-refractivity contribution < 1.29 is 40.3 Å². The number of nitrogens with one attached hydrogen (secondary N) is 1. The van der Waals surface area contributed by atoms with Crippen LogP contribution in [0.25, 0.3) is 0 Å². The van der Waals surface area contributed by atoms with E-state index in [4.69, 9.17) is 0 Å². The van der Waals surface area contributed by atoms with E-state index < -0.39 is 29.5 Å². The second-order valence-corrected chi connectivity index (χ2v) is 7.94. The van der Waals surface area contributed by atoms with Gasteiger partial charge in [-0.15, -0.1) is 0 Å². The van der Waals surface area contributed by atoms with E-state index >= 15 is 0 Å². The lowest BCUT2D eigenvalue weighted by atomic mass is 9.89. The van der Waals surface area contributed by atoms with E-state index in [1.54, 1.807) is 0 Å². The van der Waals surface area contributed by atoms with Crippen LogP contribution >= 0.6 is 0 Å². The Kier molecular flexibility index (Phi) is 6.34. The summed E-state index contributed by atoms with van der Waals surface area (Å²) in [6.07, 6.45) is -10.9.